The Morgan fingerprint density at radius 1 is 1.24 bits per heavy atom. The van der Waals surface area contributed by atoms with E-state index in [-0.39, 0.29) is 19.3 Å². The van der Waals surface area contributed by atoms with Crippen LogP contribution in [0.2, 0.25) is 0 Å². The molecule has 5 rings (SSSR count). The molecule has 2 aromatic heterocycles. The number of aliphatic hydroxyl groups is 1. The SMILES string of the molecule is COC(=O)CC1CCCCC1.O[C@@H]1CCN(c2ccc(-c3nc4ccc(F)cc4[nH]3)cn2)C1.[HH]. The Labute approximate surface area is 194 Å². The number of esters is 1. The van der Waals surface area contributed by atoms with E-state index in [1.165, 1.54) is 51.3 Å². The van der Waals surface area contributed by atoms with Crippen LogP contribution in [-0.2, 0) is 9.53 Å². The van der Waals surface area contributed by atoms with Crippen molar-refractivity contribution in [2.24, 2.45) is 5.92 Å². The number of ether oxygens (including phenoxy) is 1. The maximum absolute atomic E-state index is 13.2. The molecule has 3 heterocycles. The van der Waals surface area contributed by atoms with Gasteiger partial charge in [0, 0.05) is 32.7 Å². The van der Waals surface area contributed by atoms with Crippen LogP contribution in [0.25, 0.3) is 22.4 Å². The maximum atomic E-state index is 13.2. The highest BCUT2D eigenvalue weighted by atomic mass is 19.1. The predicted octanol–water partition coefficient (Wildman–Crippen LogP) is 4.71. The van der Waals surface area contributed by atoms with Crippen LogP contribution in [0.4, 0.5) is 10.2 Å². The molecule has 0 unspecified atom stereocenters. The van der Waals surface area contributed by atoms with Crippen molar-refractivity contribution in [1.29, 1.82) is 0 Å². The van der Waals surface area contributed by atoms with E-state index in [2.05, 4.69) is 24.6 Å². The Kier molecular flexibility index (Phi) is 7.54. The Morgan fingerprint density at radius 2 is 2.06 bits per heavy atom. The molecule has 0 bridgehead atoms. The first-order valence-electron chi connectivity index (χ1n) is 11.6. The molecule has 1 aliphatic heterocycles. The van der Waals surface area contributed by atoms with E-state index in [1.807, 2.05) is 12.1 Å². The summed E-state index contributed by atoms with van der Waals surface area (Å²) < 4.78 is 17.8. The summed E-state index contributed by atoms with van der Waals surface area (Å²) in [6, 6.07) is 8.33. The fraction of sp³-hybridized carbons (Fsp3) is 0.480. The van der Waals surface area contributed by atoms with Crippen molar-refractivity contribution in [3.8, 4) is 11.4 Å². The number of hydrogen-bond donors (Lipinski definition) is 2. The van der Waals surface area contributed by atoms with Gasteiger partial charge in [0.05, 0.1) is 24.2 Å². The number of imidazole rings is 1. The molecule has 1 saturated heterocycles. The minimum Gasteiger partial charge on any atom is -0.469 e. The summed E-state index contributed by atoms with van der Waals surface area (Å²) in [5.41, 5.74) is 2.24. The first-order valence-corrected chi connectivity index (χ1v) is 11.6. The van der Waals surface area contributed by atoms with Crippen molar-refractivity contribution in [1.82, 2.24) is 15.0 Å². The van der Waals surface area contributed by atoms with Crippen LogP contribution in [0.1, 0.15) is 46.4 Å². The lowest BCUT2D eigenvalue weighted by Gasteiger charge is -2.19. The van der Waals surface area contributed by atoms with Gasteiger partial charge >= 0.3 is 5.97 Å². The third kappa shape index (κ3) is 6.07. The molecule has 1 aromatic carbocycles. The third-order valence-corrected chi connectivity index (χ3v) is 6.36. The number of hydrogen-bond acceptors (Lipinski definition) is 6. The first-order chi connectivity index (χ1) is 16.0. The molecule has 2 aliphatic rings. The topological polar surface area (TPSA) is 91.3 Å². The second-order valence-corrected chi connectivity index (χ2v) is 8.82. The lowest BCUT2D eigenvalue weighted by Crippen LogP contribution is -2.21. The Bertz CT molecular complexity index is 1070. The van der Waals surface area contributed by atoms with Gasteiger partial charge in [0.1, 0.15) is 17.5 Å². The molecule has 0 radical (unpaired) electrons. The van der Waals surface area contributed by atoms with Crippen LogP contribution >= 0.6 is 0 Å². The van der Waals surface area contributed by atoms with E-state index in [0.29, 0.717) is 30.2 Å². The van der Waals surface area contributed by atoms with E-state index in [1.54, 1.807) is 12.3 Å². The number of aromatic amines is 1. The molecular formula is C25H33FN4O3. The quantitative estimate of drug-likeness (QED) is 0.553. The molecule has 1 aliphatic carbocycles. The minimum absolute atomic E-state index is 0. The Balaban J connectivity index is 0.000000231. The first kappa shape index (κ1) is 23.2. The van der Waals surface area contributed by atoms with E-state index < -0.39 is 0 Å². The summed E-state index contributed by atoms with van der Waals surface area (Å²) in [6.45, 7) is 1.44. The van der Waals surface area contributed by atoms with Gasteiger partial charge in [0.15, 0.2) is 0 Å². The zero-order chi connectivity index (χ0) is 23.2. The number of halogens is 1. The van der Waals surface area contributed by atoms with Gasteiger partial charge in [-0.3, -0.25) is 4.79 Å². The average Bonchev–Trinajstić information content (AvgIpc) is 3.46. The number of fused-ring (bicyclic) bond motifs is 1. The number of H-pyrrole nitrogens is 1. The van der Waals surface area contributed by atoms with Crippen LogP contribution in [0, 0.1) is 11.7 Å². The summed E-state index contributed by atoms with van der Waals surface area (Å²) in [7, 11) is 1.46. The zero-order valence-corrected chi connectivity index (χ0v) is 19.0. The van der Waals surface area contributed by atoms with Crippen LogP contribution < -0.4 is 4.90 Å². The number of pyridine rings is 1. The molecule has 1 atom stereocenters. The summed E-state index contributed by atoms with van der Waals surface area (Å²) in [4.78, 5) is 24.9. The number of rotatable bonds is 4. The van der Waals surface area contributed by atoms with Crippen LogP contribution in [-0.4, -0.2) is 52.3 Å². The van der Waals surface area contributed by atoms with E-state index >= 15 is 0 Å². The number of anilines is 1. The second-order valence-electron chi connectivity index (χ2n) is 8.82. The van der Waals surface area contributed by atoms with Crippen molar-refractivity contribution >= 4 is 22.8 Å². The fourth-order valence-electron chi connectivity index (χ4n) is 4.49. The smallest absolute Gasteiger partial charge is 0.305 e. The molecule has 2 fully saturated rings. The number of β-amino-alcohol motifs (C(OH)–C–C–N with tert-alkyl or cyclic N) is 1. The number of carbonyl (C=O) groups excluding carboxylic acids is 1. The Hall–Kier alpha value is -3.00. The van der Waals surface area contributed by atoms with Crippen molar-refractivity contribution in [3.05, 3.63) is 42.3 Å². The number of methoxy groups -OCH3 is 1. The van der Waals surface area contributed by atoms with Gasteiger partial charge in [-0.25, -0.2) is 14.4 Å². The van der Waals surface area contributed by atoms with Crippen molar-refractivity contribution < 1.29 is 20.5 Å². The van der Waals surface area contributed by atoms with Crippen molar-refractivity contribution in [3.63, 3.8) is 0 Å². The van der Waals surface area contributed by atoms with Gasteiger partial charge in [-0.2, -0.15) is 0 Å². The van der Waals surface area contributed by atoms with Gasteiger partial charge < -0.3 is 19.7 Å². The summed E-state index contributed by atoms with van der Waals surface area (Å²) in [5, 5.41) is 9.58. The van der Waals surface area contributed by atoms with Crippen LogP contribution in [0.15, 0.2) is 36.5 Å². The van der Waals surface area contributed by atoms with Gasteiger partial charge in [0.25, 0.3) is 0 Å². The highest BCUT2D eigenvalue weighted by Crippen LogP contribution is 2.26. The summed E-state index contributed by atoms with van der Waals surface area (Å²) >= 11 is 0. The Morgan fingerprint density at radius 3 is 2.73 bits per heavy atom. The molecule has 2 N–H and O–H groups in total. The number of nitrogens with one attached hydrogen (secondary N) is 1. The molecule has 3 aromatic rings. The van der Waals surface area contributed by atoms with E-state index in [0.717, 1.165) is 29.9 Å². The van der Waals surface area contributed by atoms with Gasteiger partial charge in [-0.15, -0.1) is 0 Å². The summed E-state index contributed by atoms with van der Waals surface area (Å²) in [5.74, 6) is 1.79. The zero-order valence-electron chi connectivity index (χ0n) is 19.0. The summed E-state index contributed by atoms with van der Waals surface area (Å²) in [6.07, 6.45) is 9.25. The fourth-order valence-corrected chi connectivity index (χ4v) is 4.49. The molecule has 8 heteroatoms. The molecule has 33 heavy (non-hydrogen) atoms. The highest BCUT2D eigenvalue weighted by molar-refractivity contribution is 5.79. The number of benzene rings is 1. The highest BCUT2D eigenvalue weighted by Gasteiger charge is 2.21. The van der Waals surface area contributed by atoms with Gasteiger partial charge in [-0.1, -0.05) is 19.3 Å². The molecule has 0 amide bonds. The number of aromatic nitrogens is 3. The van der Waals surface area contributed by atoms with Crippen molar-refractivity contribution in [2.75, 3.05) is 25.1 Å². The van der Waals surface area contributed by atoms with E-state index in [4.69, 9.17) is 0 Å². The molecule has 0 spiro atoms. The largest absolute Gasteiger partial charge is 0.469 e. The predicted molar refractivity (Wildman–Crippen MR) is 127 cm³/mol. The number of aliphatic hydroxyl groups excluding tert-OH is 1. The van der Waals surface area contributed by atoms with Crippen LogP contribution in [0.3, 0.4) is 0 Å². The third-order valence-electron chi connectivity index (χ3n) is 6.36. The molecular weight excluding hydrogens is 423 g/mol. The lowest BCUT2D eigenvalue weighted by molar-refractivity contribution is -0.141. The number of nitrogens with zero attached hydrogens (tertiary/aromatic N) is 3. The van der Waals surface area contributed by atoms with Crippen molar-refractivity contribution in [2.45, 2.75) is 51.0 Å². The normalized spacial score (nSPS) is 18.8. The lowest BCUT2D eigenvalue weighted by atomic mass is 9.87. The minimum atomic E-state index is -0.288. The van der Waals surface area contributed by atoms with Gasteiger partial charge in [-0.05, 0) is 55.5 Å². The molecule has 7 nitrogen and oxygen atoms in total. The molecule has 1 saturated carbocycles. The second kappa shape index (κ2) is 10.7. The van der Waals surface area contributed by atoms with E-state index in [9.17, 15) is 14.3 Å². The average molecular weight is 457 g/mol. The van der Waals surface area contributed by atoms with Crippen LogP contribution in [0.5, 0.6) is 0 Å². The molecule has 178 valence electrons. The maximum Gasteiger partial charge on any atom is 0.305 e. The van der Waals surface area contributed by atoms with Gasteiger partial charge in [0.2, 0.25) is 0 Å². The monoisotopic (exact) mass is 456 g/mol. The number of carbonyl (C=O) groups is 1. The standard InChI is InChI=1S/C16H15FN4O.C9H16O2.H2/c17-11-2-3-13-14(7-11)20-16(19-13)10-1-4-15(18-8-10)21-6-5-12(22)9-21;1-11-9(10)7-8-5-3-2-4-6-8;/h1-4,7-8,12,22H,5-6,9H2,(H,19,20);8H,2-7H2,1H3;1H/t12-;;/m1../s1.